The fraction of sp³-hybridized carbons (Fsp3) is 0.600. The first-order chi connectivity index (χ1) is 9.41. The van der Waals surface area contributed by atoms with Crippen molar-refractivity contribution in [3.8, 4) is 0 Å². The van der Waals surface area contributed by atoms with Gasteiger partial charge in [-0.3, -0.25) is 0 Å². The van der Waals surface area contributed by atoms with Crippen LogP contribution in [-0.4, -0.2) is 37.5 Å². The molecule has 20 heavy (non-hydrogen) atoms. The highest BCUT2D eigenvalue weighted by Crippen LogP contribution is 2.54. The smallest absolute Gasteiger partial charge is 0.244 e. The molecule has 2 fully saturated rings. The summed E-state index contributed by atoms with van der Waals surface area (Å²) in [5, 5.41) is 0. The van der Waals surface area contributed by atoms with Crippen molar-refractivity contribution in [1.82, 2.24) is 4.31 Å². The molecule has 110 valence electrons. The maximum absolute atomic E-state index is 12.8. The van der Waals surface area contributed by atoms with Crippen LogP contribution in [0.2, 0.25) is 0 Å². The largest absolute Gasteiger partial charge is 0.380 e. The Morgan fingerprint density at radius 2 is 1.95 bits per heavy atom. The van der Waals surface area contributed by atoms with Crippen molar-refractivity contribution in [2.45, 2.75) is 55.7 Å². The van der Waals surface area contributed by atoms with Gasteiger partial charge in [0.05, 0.1) is 22.6 Å². The second kappa shape index (κ2) is 4.55. The molecule has 4 atom stereocenters. The molecule has 1 aliphatic heterocycles. The number of hydrogen-bond acceptors (Lipinski definition) is 3. The summed E-state index contributed by atoms with van der Waals surface area (Å²) in [5.74, 6) is 0. The number of fused-ring (bicyclic) bond motifs is 1. The quantitative estimate of drug-likeness (QED) is 0.804. The van der Waals surface area contributed by atoms with Gasteiger partial charge in [-0.2, -0.15) is 4.31 Å². The van der Waals surface area contributed by atoms with Crippen LogP contribution in [0.1, 0.15) is 31.7 Å². The molecular formula is C15H21NO3S. The van der Waals surface area contributed by atoms with E-state index < -0.39 is 10.0 Å². The molecule has 0 bridgehead atoms. The first-order valence-electron chi connectivity index (χ1n) is 7.05. The molecule has 0 aromatic heterocycles. The van der Waals surface area contributed by atoms with E-state index in [4.69, 9.17) is 4.74 Å². The van der Waals surface area contributed by atoms with Gasteiger partial charge in [-0.15, -0.1) is 0 Å². The molecule has 1 unspecified atom stereocenters. The predicted octanol–water partition coefficient (Wildman–Crippen LogP) is 2.33. The minimum absolute atomic E-state index is 0.00690. The van der Waals surface area contributed by atoms with E-state index in [-0.39, 0.29) is 17.7 Å². The number of ether oxygens (including phenoxy) is 1. The summed E-state index contributed by atoms with van der Waals surface area (Å²) in [6.07, 6.45) is 2.90. The van der Waals surface area contributed by atoms with Gasteiger partial charge in [-0.25, -0.2) is 8.42 Å². The monoisotopic (exact) mass is 295 g/mol. The summed E-state index contributed by atoms with van der Waals surface area (Å²) in [4.78, 5) is 0.383. The average molecular weight is 295 g/mol. The Morgan fingerprint density at radius 3 is 2.55 bits per heavy atom. The van der Waals surface area contributed by atoms with Gasteiger partial charge in [0.2, 0.25) is 10.0 Å². The lowest BCUT2D eigenvalue weighted by Crippen LogP contribution is -2.29. The van der Waals surface area contributed by atoms with Crippen LogP contribution in [-0.2, 0) is 14.8 Å². The van der Waals surface area contributed by atoms with E-state index in [1.165, 1.54) is 0 Å². The van der Waals surface area contributed by atoms with Crippen molar-refractivity contribution in [2.24, 2.45) is 0 Å². The van der Waals surface area contributed by atoms with Crippen LogP contribution in [0.5, 0.6) is 0 Å². The maximum Gasteiger partial charge on any atom is 0.244 e. The molecule has 0 spiro atoms. The summed E-state index contributed by atoms with van der Waals surface area (Å²) in [6, 6.07) is 7.07. The number of benzene rings is 1. The Bertz CT molecular complexity index is 611. The molecule has 1 aliphatic carbocycles. The fourth-order valence-electron chi connectivity index (χ4n) is 3.55. The molecule has 2 aliphatic rings. The Hall–Kier alpha value is -0.910. The molecular weight excluding hydrogens is 274 g/mol. The van der Waals surface area contributed by atoms with Crippen molar-refractivity contribution in [3.05, 3.63) is 29.8 Å². The summed E-state index contributed by atoms with van der Waals surface area (Å²) in [6.45, 7) is 3.99. The number of nitrogens with zero attached hydrogens (tertiary/aromatic N) is 1. The van der Waals surface area contributed by atoms with E-state index in [0.717, 1.165) is 24.8 Å². The summed E-state index contributed by atoms with van der Waals surface area (Å²) >= 11 is 0. The maximum atomic E-state index is 12.8. The minimum atomic E-state index is -3.41. The molecule has 0 radical (unpaired) electrons. The van der Waals surface area contributed by atoms with E-state index in [2.05, 4.69) is 0 Å². The van der Waals surface area contributed by atoms with Crippen molar-refractivity contribution in [1.29, 1.82) is 0 Å². The van der Waals surface area contributed by atoms with Gasteiger partial charge < -0.3 is 4.74 Å². The van der Waals surface area contributed by atoms with Gasteiger partial charge in [0.25, 0.3) is 0 Å². The zero-order valence-electron chi connectivity index (χ0n) is 12.2. The Labute approximate surface area is 120 Å². The van der Waals surface area contributed by atoms with E-state index >= 15 is 0 Å². The topological polar surface area (TPSA) is 46.4 Å². The SMILES string of the molecule is CO[C@@H]1CCC[C@@]2(C)[C@@H]1N2S(=O)(=O)c1ccc(C)cc1. The van der Waals surface area contributed by atoms with Crippen molar-refractivity contribution >= 4 is 10.0 Å². The second-order valence-corrected chi connectivity index (χ2v) is 7.90. The third-order valence-corrected chi connectivity index (χ3v) is 6.76. The molecule has 0 N–H and O–H groups in total. The van der Waals surface area contributed by atoms with Gasteiger partial charge in [-0.05, 0) is 45.2 Å². The highest BCUT2D eigenvalue weighted by atomic mass is 32.2. The molecule has 1 saturated heterocycles. The lowest BCUT2D eigenvalue weighted by molar-refractivity contribution is 0.0743. The minimum Gasteiger partial charge on any atom is -0.380 e. The molecule has 1 heterocycles. The molecule has 0 amide bonds. The third kappa shape index (κ3) is 1.91. The van der Waals surface area contributed by atoms with Crippen LogP contribution >= 0.6 is 0 Å². The van der Waals surface area contributed by atoms with Crippen LogP contribution in [0.25, 0.3) is 0 Å². The van der Waals surface area contributed by atoms with Crippen LogP contribution in [0.3, 0.4) is 0 Å². The lowest BCUT2D eigenvalue weighted by atomic mass is 9.89. The van der Waals surface area contributed by atoms with Gasteiger partial charge in [0.1, 0.15) is 0 Å². The highest BCUT2D eigenvalue weighted by molar-refractivity contribution is 7.89. The van der Waals surface area contributed by atoms with Crippen molar-refractivity contribution < 1.29 is 13.2 Å². The molecule has 1 aromatic rings. The number of sulfonamides is 1. The van der Waals surface area contributed by atoms with Crippen LogP contribution in [0.4, 0.5) is 0 Å². The molecule has 3 rings (SSSR count). The Morgan fingerprint density at radius 1 is 1.30 bits per heavy atom. The third-order valence-electron chi connectivity index (χ3n) is 4.73. The van der Waals surface area contributed by atoms with Crippen molar-refractivity contribution in [3.63, 3.8) is 0 Å². The van der Waals surface area contributed by atoms with Gasteiger partial charge >= 0.3 is 0 Å². The highest BCUT2D eigenvalue weighted by Gasteiger charge is 2.69. The number of aryl methyl sites for hydroxylation is 1. The number of methoxy groups -OCH3 is 1. The Balaban J connectivity index is 1.95. The first kappa shape index (κ1) is 14.0. The summed E-state index contributed by atoms with van der Waals surface area (Å²) in [7, 11) is -1.74. The van der Waals surface area contributed by atoms with Crippen molar-refractivity contribution in [2.75, 3.05) is 7.11 Å². The van der Waals surface area contributed by atoms with E-state index in [1.54, 1.807) is 23.5 Å². The van der Waals surface area contributed by atoms with Crippen LogP contribution < -0.4 is 0 Å². The van der Waals surface area contributed by atoms with E-state index in [1.807, 2.05) is 26.0 Å². The predicted molar refractivity (Wildman–Crippen MR) is 77.0 cm³/mol. The Kier molecular flexibility index (Phi) is 3.19. The summed E-state index contributed by atoms with van der Waals surface area (Å²) in [5.41, 5.74) is 0.802. The average Bonchev–Trinajstić information content (AvgIpc) is 3.06. The number of hydrogen-bond donors (Lipinski definition) is 0. The van der Waals surface area contributed by atoms with Gasteiger partial charge in [-0.1, -0.05) is 17.7 Å². The van der Waals surface area contributed by atoms with E-state index in [0.29, 0.717) is 4.90 Å². The number of rotatable bonds is 3. The molecule has 4 nitrogen and oxygen atoms in total. The van der Waals surface area contributed by atoms with E-state index in [9.17, 15) is 8.42 Å². The zero-order chi connectivity index (χ0) is 14.5. The zero-order valence-corrected chi connectivity index (χ0v) is 13.0. The summed E-state index contributed by atoms with van der Waals surface area (Å²) < 4.78 is 32.8. The standard InChI is InChI=1S/C15H21NO3S/c1-11-6-8-12(9-7-11)20(17,18)16-14-13(19-3)5-4-10-15(14,16)2/h6-9,13-14H,4-5,10H2,1-3H3/t13-,14-,15+,16?/m1/s1. The second-order valence-electron chi connectivity index (χ2n) is 6.08. The normalized spacial score (nSPS) is 36.5. The molecule has 1 saturated carbocycles. The molecule has 5 heteroatoms. The fourth-order valence-corrected chi connectivity index (χ4v) is 5.62. The first-order valence-corrected chi connectivity index (χ1v) is 8.49. The van der Waals surface area contributed by atoms with Gasteiger partial charge in [0, 0.05) is 7.11 Å². The molecule has 1 aromatic carbocycles. The lowest BCUT2D eigenvalue weighted by Gasteiger charge is -2.21. The van der Waals surface area contributed by atoms with Crippen LogP contribution in [0.15, 0.2) is 29.2 Å². The van der Waals surface area contributed by atoms with Gasteiger partial charge in [0.15, 0.2) is 0 Å². The van der Waals surface area contributed by atoms with Crippen LogP contribution in [0, 0.1) is 6.92 Å².